The van der Waals surface area contributed by atoms with Gasteiger partial charge in [-0.05, 0) is 36.5 Å². The Morgan fingerprint density at radius 2 is 0.947 bits per heavy atom. The summed E-state index contributed by atoms with van der Waals surface area (Å²) in [7, 11) is 0. The molecule has 0 aromatic heterocycles. The lowest BCUT2D eigenvalue weighted by Gasteiger charge is -2.23. The van der Waals surface area contributed by atoms with Gasteiger partial charge in [-0.1, -0.05) is 88.5 Å². The first kappa shape index (κ1) is 24.0. The van der Waals surface area contributed by atoms with Crippen LogP contribution >= 0.6 is 0 Å². The summed E-state index contributed by atoms with van der Waals surface area (Å²) in [5, 5.41) is 0. The first-order valence-corrected chi connectivity index (χ1v) is 8.51. The highest BCUT2D eigenvalue weighted by Gasteiger charge is 2.15. The lowest BCUT2D eigenvalue weighted by molar-refractivity contribution is 0.282. The first-order valence-electron chi connectivity index (χ1n) is 8.51. The van der Waals surface area contributed by atoms with Crippen LogP contribution in [0.2, 0.25) is 0 Å². The molecule has 0 aromatic rings. The van der Waals surface area contributed by atoms with Gasteiger partial charge >= 0.3 is 0 Å². The third-order valence-corrected chi connectivity index (χ3v) is 4.40. The third-order valence-electron chi connectivity index (χ3n) is 4.40. The molecule has 0 fully saturated rings. The van der Waals surface area contributed by atoms with Gasteiger partial charge in [0.1, 0.15) is 0 Å². The Morgan fingerprint density at radius 1 is 0.632 bits per heavy atom. The van der Waals surface area contributed by atoms with Crippen molar-refractivity contribution >= 4 is 0 Å². The molecule has 2 unspecified atom stereocenters. The van der Waals surface area contributed by atoms with Crippen LogP contribution in [0.3, 0.4) is 0 Å². The fourth-order valence-electron chi connectivity index (χ4n) is 2.22. The van der Waals surface area contributed by atoms with Gasteiger partial charge in [0.15, 0.2) is 0 Å². The summed E-state index contributed by atoms with van der Waals surface area (Å²) in [6.07, 6.45) is 8.44. The molecule has 0 aliphatic rings. The van der Waals surface area contributed by atoms with Gasteiger partial charge in [-0.15, -0.1) is 0 Å². The molecular weight excluding hydrogens is 228 g/mol. The molecule has 0 rings (SSSR count). The van der Waals surface area contributed by atoms with Crippen molar-refractivity contribution in [3.8, 4) is 0 Å². The zero-order valence-corrected chi connectivity index (χ0v) is 14.6. The second-order valence-corrected chi connectivity index (χ2v) is 6.19. The van der Waals surface area contributed by atoms with Crippen molar-refractivity contribution in [3.05, 3.63) is 0 Å². The van der Waals surface area contributed by atoms with Crippen molar-refractivity contribution in [2.24, 2.45) is 23.7 Å². The topological polar surface area (TPSA) is 0 Å². The number of rotatable bonds is 9. The zero-order chi connectivity index (χ0) is 14.6. The molecule has 0 heterocycles. The van der Waals surface area contributed by atoms with Gasteiger partial charge in [-0.3, -0.25) is 0 Å². The van der Waals surface area contributed by atoms with E-state index in [9.17, 15) is 0 Å². The van der Waals surface area contributed by atoms with Crippen LogP contribution in [0.25, 0.3) is 0 Å². The van der Waals surface area contributed by atoms with Crippen LogP contribution < -0.4 is 0 Å². The Labute approximate surface area is 125 Å². The van der Waals surface area contributed by atoms with Crippen molar-refractivity contribution in [1.82, 2.24) is 0 Å². The second-order valence-electron chi connectivity index (χ2n) is 6.19. The molecule has 0 nitrogen and oxygen atoms in total. The van der Waals surface area contributed by atoms with E-state index >= 15 is 0 Å². The molecule has 0 amide bonds. The first-order chi connectivity index (χ1) is 8.51. The maximum atomic E-state index is 2.40. The molecule has 0 bridgehead atoms. The highest BCUT2D eigenvalue weighted by Crippen LogP contribution is 2.27. The zero-order valence-electron chi connectivity index (χ0n) is 14.6. The van der Waals surface area contributed by atoms with E-state index in [1.807, 2.05) is 13.8 Å². The second kappa shape index (κ2) is 16.1. The predicted octanol–water partition coefficient (Wildman–Crippen LogP) is 7.57. The maximum Gasteiger partial charge on any atom is -0.0391 e. The Kier molecular flexibility index (Phi) is 20.3. The molecule has 0 saturated heterocycles. The average Bonchev–Trinajstić information content (AvgIpc) is 2.39. The summed E-state index contributed by atoms with van der Waals surface area (Å²) in [6.45, 7) is 18.2. The average molecular weight is 273 g/mol. The monoisotopic (exact) mass is 272 g/mol. The van der Waals surface area contributed by atoms with E-state index in [0.717, 1.165) is 23.7 Å². The highest BCUT2D eigenvalue weighted by atomic mass is 14.2. The Balaban J connectivity index is -0.000000809. The Bertz CT molecular complexity index is 134. The van der Waals surface area contributed by atoms with Gasteiger partial charge < -0.3 is 0 Å². The van der Waals surface area contributed by atoms with Crippen molar-refractivity contribution in [1.29, 1.82) is 0 Å². The summed E-state index contributed by atoms with van der Waals surface area (Å²) < 4.78 is 0. The highest BCUT2D eigenvalue weighted by molar-refractivity contribution is 4.66. The van der Waals surface area contributed by atoms with Crippen LogP contribution in [-0.2, 0) is 0 Å². The molecule has 0 aliphatic heterocycles. The van der Waals surface area contributed by atoms with E-state index in [1.54, 1.807) is 0 Å². The summed E-state index contributed by atoms with van der Waals surface area (Å²) in [4.78, 5) is 0. The number of hydrogen-bond donors (Lipinski definition) is 0. The van der Waals surface area contributed by atoms with E-state index in [4.69, 9.17) is 0 Å². The van der Waals surface area contributed by atoms with Gasteiger partial charge in [0, 0.05) is 0 Å². The third kappa shape index (κ3) is 14.2. The van der Waals surface area contributed by atoms with E-state index in [-0.39, 0.29) is 7.43 Å². The normalized spacial score (nSPS) is 15.0. The predicted molar refractivity (Wildman–Crippen MR) is 93.8 cm³/mol. The maximum absolute atomic E-state index is 2.40. The van der Waals surface area contributed by atoms with Crippen molar-refractivity contribution in [3.63, 3.8) is 0 Å². The molecule has 0 spiro atoms. The van der Waals surface area contributed by atoms with Crippen LogP contribution in [0.5, 0.6) is 0 Å². The van der Waals surface area contributed by atoms with E-state index in [1.165, 1.54) is 38.5 Å². The lowest BCUT2D eigenvalue weighted by Crippen LogP contribution is -2.12. The minimum absolute atomic E-state index is 0. The van der Waals surface area contributed by atoms with Gasteiger partial charge in [0.05, 0.1) is 0 Å². The van der Waals surface area contributed by atoms with Crippen LogP contribution in [0, 0.1) is 23.7 Å². The van der Waals surface area contributed by atoms with Crippen LogP contribution in [0.15, 0.2) is 0 Å². The molecule has 0 aromatic carbocycles. The number of hydrogen-bond acceptors (Lipinski definition) is 0. The Hall–Kier alpha value is 0. The molecule has 2 atom stereocenters. The summed E-state index contributed by atoms with van der Waals surface area (Å²) in [5.74, 6) is 3.67. The van der Waals surface area contributed by atoms with Crippen LogP contribution in [0.1, 0.15) is 101 Å². The molecule has 0 saturated carbocycles. The summed E-state index contributed by atoms with van der Waals surface area (Å²) in [5.41, 5.74) is 0. The van der Waals surface area contributed by atoms with Crippen LogP contribution in [0.4, 0.5) is 0 Å². The summed E-state index contributed by atoms with van der Waals surface area (Å²) in [6, 6.07) is 0. The van der Waals surface area contributed by atoms with Crippen LogP contribution in [-0.4, -0.2) is 0 Å². The molecule has 0 aliphatic carbocycles. The fraction of sp³-hybridized carbons (Fsp3) is 1.00. The SMILES string of the molecule is C.CC.CCC(C)CCC(CCC(C)CC)C(C)C. The minimum atomic E-state index is 0. The quantitative estimate of drug-likeness (QED) is 0.406. The van der Waals surface area contributed by atoms with E-state index < -0.39 is 0 Å². The van der Waals surface area contributed by atoms with Crippen molar-refractivity contribution in [2.75, 3.05) is 0 Å². The molecule has 19 heavy (non-hydrogen) atoms. The molecule has 0 heteroatoms. The molecular formula is C19H44. The van der Waals surface area contributed by atoms with Crippen molar-refractivity contribution < 1.29 is 0 Å². The molecule has 0 N–H and O–H groups in total. The van der Waals surface area contributed by atoms with E-state index in [2.05, 4.69) is 41.5 Å². The standard InChI is InChI=1S/C16H34.C2H6.CH4/c1-7-14(5)9-11-16(13(3)4)12-10-15(6)8-2;1-2;/h13-16H,7-12H2,1-6H3;1-2H3;1H4. The lowest BCUT2D eigenvalue weighted by atomic mass is 9.83. The summed E-state index contributed by atoms with van der Waals surface area (Å²) >= 11 is 0. The van der Waals surface area contributed by atoms with Gasteiger partial charge in [-0.25, -0.2) is 0 Å². The molecule has 0 radical (unpaired) electrons. The van der Waals surface area contributed by atoms with Crippen molar-refractivity contribution in [2.45, 2.75) is 101 Å². The largest absolute Gasteiger partial charge is 0.0776 e. The smallest absolute Gasteiger partial charge is 0.0391 e. The Morgan fingerprint density at radius 3 is 1.16 bits per heavy atom. The van der Waals surface area contributed by atoms with E-state index in [0.29, 0.717) is 0 Å². The molecule has 120 valence electrons. The van der Waals surface area contributed by atoms with Gasteiger partial charge in [-0.2, -0.15) is 0 Å². The fourth-order valence-corrected chi connectivity index (χ4v) is 2.22. The minimum Gasteiger partial charge on any atom is -0.0776 e. The van der Waals surface area contributed by atoms with Gasteiger partial charge in [0.2, 0.25) is 0 Å². The van der Waals surface area contributed by atoms with Gasteiger partial charge in [0.25, 0.3) is 0 Å².